The maximum absolute atomic E-state index is 12.7. The Morgan fingerprint density at radius 2 is 1.96 bits per heavy atom. The molecular weight excluding hydrogens is 409 g/mol. The van der Waals surface area contributed by atoms with Crippen LogP contribution in [0.2, 0.25) is 10.3 Å². The fourth-order valence-corrected chi connectivity index (χ4v) is 4.53. The van der Waals surface area contributed by atoms with Crippen molar-refractivity contribution in [1.82, 2.24) is 15.3 Å². The van der Waals surface area contributed by atoms with E-state index in [9.17, 15) is 14.1 Å². The second-order valence-corrected chi connectivity index (χ2v) is 8.56. The molecule has 0 radical (unpaired) electrons. The Bertz CT molecular complexity index is 859. The molecule has 144 valence electrons. The van der Waals surface area contributed by atoms with E-state index in [2.05, 4.69) is 15.3 Å². The summed E-state index contributed by atoms with van der Waals surface area (Å²) in [6, 6.07) is 5.99. The average molecular weight is 428 g/mol. The van der Waals surface area contributed by atoms with Gasteiger partial charge in [-0.05, 0) is 48.7 Å². The smallest absolute Gasteiger partial charge is 0.254 e. The number of nitrogens with zero attached hydrogens (tertiary/aromatic N) is 2. The Balaban J connectivity index is 1.78. The van der Waals surface area contributed by atoms with Crippen molar-refractivity contribution in [3.63, 3.8) is 0 Å². The normalized spacial score (nSPS) is 17.3. The van der Waals surface area contributed by atoms with Gasteiger partial charge >= 0.3 is 0 Å². The molecule has 0 saturated heterocycles. The van der Waals surface area contributed by atoms with Gasteiger partial charge in [0, 0.05) is 17.0 Å². The first-order valence-electron chi connectivity index (χ1n) is 8.64. The molecule has 0 bridgehead atoms. The van der Waals surface area contributed by atoms with E-state index in [4.69, 9.17) is 23.2 Å². The summed E-state index contributed by atoms with van der Waals surface area (Å²) >= 11 is 11.9. The van der Waals surface area contributed by atoms with Gasteiger partial charge in [-0.2, -0.15) is 0 Å². The number of rotatable bonds is 5. The van der Waals surface area contributed by atoms with Crippen molar-refractivity contribution in [3.05, 3.63) is 46.3 Å². The Labute approximate surface area is 169 Å². The van der Waals surface area contributed by atoms with Crippen LogP contribution >= 0.6 is 23.2 Å². The van der Waals surface area contributed by atoms with Gasteiger partial charge in [-0.1, -0.05) is 30.9 Å². The monoisotopic (exact) mass is 427 g/mol. The highest BCUT2D eigenvalue weighted by Crippen LogP contribution is 2.27. The number of amides is 1. The predicted molar refractivity (Wildman–Crippen MR) is 103 cm³/mol. The number of carbonyl (C=O) groups is 1. The molecule has 3 rings (SSSR count). The summed E-state index contributed by atoms with van der Waals surface area (Å²) in [5, 5.41) is 13.4. The predicted octanol–water partition coefficient (Wildman–Crippen LogP) is 3.58. The fourth-order valence-electron chi connectivity index (χ4n) is 3.12. The number of aliphatic hydroxyl groups is 1. The number of hydrogen-bond donors (Lipinski definition) is 2. The largest absolute Gasteiger partial charge is 0.373 e. The molecule has 0 spiro atoms. The van der Waals surface area contributed by atoms with Gasteiger partial charge in [0.05, 0.1) is 10.6 Å². The Morgan fingerprint density at radius 3 is 2.67 bits per heavy atom. The lowest BCUT2D eigenvalue weighted by Gasteiger charge is -2.27. The molecule has 1 saturated carbocycles. The quantitative estimate of drug-likeness (QED) is 0.432. The molecule has 0 aliphatic heterocycles. The van der Waals surface area contributed by atoms with Gasteiger partial charge < -0.3 is 10.4 Å². The van der Waals surface area contributed by atoms with Crippen LogP contribution in [0.1, 0.15) is 42.5 Å². The number of nitrogens with one attached hydrogen (secondary N) is 1. The van der Waals surface area contributed by atoms with Crippen LogP contribution in [0.3, 0.4) is 0 Å². The minimum absolute atomic E-state index is 0.0108. The zero-order valence-corrected chi connectivity index (χ0v) is 16.7. The first-order chi connectivity index (χ1) is 13.0. The topological polar surface area (TPSA) is 92.2 Å². The lowest BCUT2D eigenvalue weighted by Crippen LogP contribution is -2.41. The van der Waals surface area contributed by atoms with Gasteiger partial charge in [0.15, 0.2) is 0 Å². The third-order valence-electron chi connectivity index (χ3n) is 4.56. The molecule has 1 aromatic carbocycles. The SMILES string of the molecule is O=C(NC(O)C1CCCCC1)c1cc(S(=O)c2ccnc(Cl)n2)ccc1Cl. The van der Waals surface area contributed by atoms with Gasteiger partial charge in [-0.25, -0.2) is 14.2 Å². The summed E-state index contributed by atoms with van der Waals surface area (Å²) in [6.07, 6.45) is 5.50. The van der Waals surface area contributed by atoms with Crippen LogP contribution in [0.15, 0.2) is 40.4 Å². The fraction of sp³-hybridized carbons (Fsp3) is 0.389. The number of benzene rings is 1. The molecule has 1 fully saturated rings. The number of aromatic nitrogens is 2. The minimum Gasteiger partial charge on any atom is -0.373 e. The summed E-state index contributed by atoms with van der Waals surface area (Å²) in [7, 11) is -1.65. The van der Waals surface area contributed by atoms with Crippen LogP contribution in [-0.2, 0) is 10.8 Å². The third-order valence-corrected chi connectivity index (χ3v) is 6.36. The van der Waals surface area contributed by atoms with Crippen LogP contribution in [0, 0.1) is 5.92 Å². The zero-order chi connectivity index (χ0) is 19.4. The molecule has 1 aromatic heterocycles. The van der Waals surface area contributed by atoms with E-state index >= 15 is 0 Å². The molecule has 9 heteroatoms. The van der Waals surface area contributed by atoms with Gasteiger partial charge in [-0.15, -0.1) is 0 Å². The maximum Gasteiger partial charge on any atom is 0.254 e. The molecular formula is C18H19Cl2N3O3S. The first kappa shape index (κ1) is 20.2. The van der Waals surface area contributed by atoms with E-state index in [-0.39, 0.29) is 26.8 Å². The lowest BCUT2D eigenvalue weighted by molar-refractivity contribution is 0.0463. The lowest BCUT2D eigenvalue weighted by atomic mass is 9.88. The van der Waals surface area contributed by atoms with Gasteiger partial charge in [0.2, 0.25) is 5.28 Å². The molecule has 6 nitrogen and oxygen atoms in total. The average Bonchev–Trinajstić information content (AvgIpc) is 2.68. The number of aliphatic hydroxyl groups excluding tert-OH is 1. The zero-order valence-electron chi connectivity index (χ0n) is 14.4. The van der Waals surface area contributed by atoms with Crippen molar-refractivity contribution in [3.8, 4) is 0 Å². The molecule has 1 aliphatic rings. The summed E-state index contributed by atoms with van der Waals surface area (Å²) < 4.78 is 12.7. The van der Waals surface area contributed by atoms with Crippen LogP contribution in [0.25, 0.3) is 0 Å². The molecule has 1 amide bonds. The van der Waals surface area contributed by atoms with Crippen molar-refractivity contribution in [2.45, 2.75) is 48.3 Å². The van der Waals surface area contributed by atoms with E-state index < -0.39 is 22.9 Å². The Morgan fingerprint density at radius 1 is 1.22 bits per heavy atom. The molecule has 2 aromatic rings. The number of carbonyl (C=O) groups excluding carboxylic acids is 1. The van der Waals surface area contributed by atoms with Crippen LogP contribution < -0.4 is 5.32 Å². The highest BCUT2D eigenvalue weighted by atomic mass is 35.5. The number of halogens is 2. The van der Waals surface area contributed by atoms with E-state index in [0.29, 0.717) is 4.90 Å². The molecule has 2 atom stereocenters. The van der Waals surface area contributed by atoms with Crippen molar-refractivity contribution >= 4 is 39.9 Å². The first-order valence-corrected chi connectivity index (χ1v) is 10.5. The van der Waals surface area contributed by atoms with E-state index in [1.807, 2.05) is 0 Å². The molecule has 1 heterocycles. The van der Waals surface area contributed by atoms with E-state index in [0.717, 1.165) is 32.1 Å². The highest BCUT2D eigenvalue weighted by molar-refractivity contribution is 7.85. The second kappa shape index (κ2) is 9.10. The molecule has 1 aliphatic carbocycles. The Hall–Kier alpha value is -1.54. The third kappa shape index (κ3) is 5.04. The van der Waals surface area contributed by atoms with Crippen LogP contribution in [0.5, 0.6) is 0 Å². The molecule has 2 N–H and O–H groups in total. The standard InChI is InChI=1S/C18H19Cl2N3O3S/c19-14-7-6-12(27(26)15-8-9-21-18(20)22-15)10-13(14)17(25)23-16(24)11-4-2-1-3-5-11/h6-11,16,24H,1-5H2,(H,23,25). The molecule has 27 heavy (non-hydrogen) atoms. The maximum atomic E-state index is 12.7. The van der Waals surface area contributed by atoms with Crippen molar-refractivity contribution in [2.24, 2.45) is 5.92 Å². The van der Waals surface area contributed by atoms with Crippen molar-refractivity contribution in [2.75, 3.05) is 0 Å². The minimum atomic E-state index is -1.65. The van der Waals surface area contributed by atoms with Gasteiger partial charge in [0.25, 0.3) is 5.91 Å². The van der Waals surface area contributed by atoms with Crippen LogP contribution in [-0.4, -0.2) is 31.4 Å². The van der Waals surface area contributed by atoms with Gasteiger partial charge in [-0.3, -0.25) is 4.79 Å². The summed E-state index contributed by atoms with van der Waals surface area (Å²) in [5.41, 5.74) is 0.150. The highest BCUT2D eigenvalue weighted by Gasteiger charge is 2.24. The van der Waals surface area contributed by atoms with Crippen molar-refractivity contribution < 1.29 is 14.1 Å². The van der Waals surface area contributed by atoms with E-state index in [1.165, 1.54) is 24.4 Å². The Kier molecular flexibility index (Phi) is 6.81. The van der Waals surface area contributed by atoms with Crippen molar-refractivity contribution in [1.29, 1.82) is 0 Å². The summed E-state index contributed by atoms with van der Waals surface area (Å²) in [4.78, 5) is 20.6. The van der Waals surface area contributed by atoms with E-state index in [1.54, 1.807) is 6.07 Å². The summed E-state index contributed by atoms with van der Waals surface area (Å²) in [6.45, 7) is 0. The second-order valence-electron chi connectivity index (χ2n) is 6.39. The summed E-state index contributed by atoms with van der Waals surface area (Å²) in [5.74, 6) is -0.459. The molecule has 2 unspecified atom stereocenters. The van der Waals surface area contributed by atoms with Gasteiger partial charge in [0.1, 0.15) is 22.1 Å². The van der Waals surface area contributed by atoms with Crippen LogP contribution in [0.4, 0.5) is 0 Å². The number of hydrogen-bond acceptors (Lipinski definition) is 5.